The first-order chi connectivity index (χ1) is 10.7. The number of amidine groups is 1. The molecule has 116 valence electrons. The fourth-order valence-corrected chi connectivity index (χ4v) is 2.65. The van der Waals surface area contributed by atoms with Crippen LogP contribution in [0.25, 0.3) is 18.4 Å². The zero-order valence-corrected chi connectivity index (χ0v) is 13.3. The van der Waals surface area contributed by atoms with Crippen molar-refractivity contribution in [1.29, 1.82) is 0 Å². The molecule has 0 bridgehead atoms. The summed E-state index contributed by atoms with van der Waals surface area (Å²) in [4.78, 5) is 11.5. The SMILES string of the molecule is C=C/C(=N\c1nc(C=C)c(/C=C\C)n1C=C)N1CCCCC1. The van der Waals surface area contributed by atoms with Crippen molar-refractivity contribution in [2.24, 2.45) is 4.99 Å². The number of imidazole rings is 1. The maximum Gasteiger partial charge on any atom is 0.236 e. The molecule has 22 heavy (non-hydrogen) atoms. The summed E-state index contributed by atoms with van der Waals surface area (Å²) in [6.45, 7) is 15.6. The minimum atomic E-state index is 0.610. The van der Waals surface area contributed by atoms with E-state index in [1.807, 2.05) is 23.6 Å². The van der Waals surface area contributed by atoms with Gasteiger partial charge in [-0.3, -0.25) is 4.57 Å². The first-order valence-electron chi connectivity index (χ1n) is 7.71. The minimum Gasteiger partial charge on any atom is -0.357 e. The molecule has 1 fully saturated rings. The van der Waals surface area contributed by atoms with Gasteiger partial charge in [-0.2, -0.15) is 4.99 Å². The van der Waals surface area contributed by atoms with Crippen LogP contribution < -0.4 is 0 Å². The predicted octanol–water partition coefficient (Wildman–Crippen LogP) is 4.36. The molecule has 0 spiro atoms. The van der Waals surface area contributed by atoms with Crippen molar-refractivity contribution in [2.45, 2.75) is 26.2 Å². The van der Waals surface area contributed by atoms with Crippen LogP contribution in [0.15, 0.2) is 36.9 Å². The van der Waals surface area contributed by atoms with E-state index in [9.17, 15) is 0 Å². The van der Waals surface area contributed by atoms with E-state index >= 15 is 0 Å². The smallest absolute Gasteiger partial charge is 0.236 e. The molecule has 4 heteroatoms. The van der Waals surface area contributed by atoms with E-state index in [4.69, 9.17) is 4.99 Å². The van der Waals surface area contributed by atoms with Crippen molar-refractivity contribution < 1.29 is 0 Å². The summed E-state index contributed by atoms with van der Waals surface area (Å²) in [6.07, 6.45) is 12.9. The highest BCUT2D eigenvalue weighted by atomic mass is 15.2. The molecule has 2 rings (SSSR count). The average Bonchev–Trinajstić information content (AvgIpc) is 2.90. The van der Waals surface area contributed by atoms with Crippen LogP contribution in [0.4, 0.5) is 5.95 Å². The maximum atomic E-state index is 4.71. The van der Waals surface area contributed by atoms with Gasteiger partial charge < -0.3 is 4.90 Å². The van der Waals surface area contributed by atoms with E-state index < -0.39 is 0 Å². The molecule has 0 aromatic carbocycles. The summed E-state index contributed by atoms with van der Waals surface area (Å²) >= 11 is 0. The Morgan fingerprint density at radius 1 is 1.18 bits per heavy atom. The number of hydrogen-bond donors (Lipinski definition) is 0. The molecule has 0 amide bonds. The molecular weight excluding hydrogens is 272 g/mol. The number of piperidine rings is 1. The predicted molar refractivity (Wildman–Crippen MR) is 96.1 cm³/mol. The molecule has 1 aromatic heterocycles. The summed E-state index contributed by atoms with van der Waals surface area (Å²) < 4.78 is 1.88. The Bertz CT molecular complexity index is 613. The highest BCUT2D eigenvalue weighted by Crippen LogP contribution is 2.23. The van der Waals surface area contributed by atoms with E-state index in [0.29, 0.717) is 5.95 Å². The summed E-state index contributed by atoms with van der Waals surface area (Å²) in [5.41, 5.74) is 1.74. The zero-order chi connectivity index (χ0) is 15.9. The van der Waals surface area contributed by atoms with Gasteiger partial charge in [-0.25, -0.2) is 4.98 Å². The fraction of sp³-hybridized carbons (Fsp3) is 0.333. The van der Waals surface area contributed by atoms with Crippen molar-refractivity contribution in [3.63, 3.8) is 0 Å². The van der Waals surface area contributed by atoms with Crippen LogP contribution >= 0.6 is 0 Å². The van der Waals surface area contributed by atoms with Crippen molar-refractivity contribution in [3.05, 3.63) is 43.3 Å². The van der Waals surface area contributed by atoms with Gasteiger partial charge in [0.1, 0.15) is 5.84 Å². The quantitative estimate of drug-likeness (QED) is 0.597. The molecule has 4 nitrogen and oxygen atoms in total. The lowest BCUT2D eigenvalue weighted by molar-refractivity contribution is 0.343. The lowest BCUT2D eigenvalue weighted by Gasteiger charge is -2.28. The van der Waals surface area contributed by atoms with Crippen LogP contribution in [0.3, 0.4) is 0 Å². The Morgan fingerprint density at radius 3 is 2.45 bits per heavy atom. The minimum absolute atomic E-state index is 0.610. The van der Waals surface area contributed by atoms with Crippen molar-refractivity contribution in [2.75, 3.05) is 13.1 Å². The molecule has 0 radical (unpaired) electrons. The number of nitrogens with zero attached hydrogens (tertiary/aromatic N) is 4. The van der Waals surface area contributed by atoms with Gasteiger partial charge in [-0.15, -0.1) is 0 Å². The summed E-state index contributed by atoms with van der Waals surface area (Å²) in [5.74, 6) is 1.48. The van der Waals surface area contributed by atoms with Crippen LogP contribution in [-0.2, 0) is 0 Å². The molecule has 1 aromatic rings. The third-order valence-corrected chi connectivity index (χ3v) is 3.74. The van der Waals surface area contributed by atoms with Gasteiger partial charge in [0.25, 0.3) is 0 Å². The molecule has 0 atom stereocenters. The number of likely N-dealkylation sites (tertiary alicyclic amines) is 1. The molecule has 0 unspecified atom stereocenters. The van der Waals surface area contributed by atoms with Crippen molar-refractivity contribution in [1.82, 2.24) is 14.5 Å². The number of allylic oxidation sites excluding steroid dienone is 1. The first kappa shape index (κ1) is 16.0. The van der Waals surface area contributed by atoms with Crippen LogP contribution in [0.1, 0.15) is 37.6 Å². The largest absolute Gasteiger partial charge is 0.357 e. The summed E-state index contributed by atoms with van der Waals surface area (Å²) in [5, 5.41) is 0. The lowest BCUT2D eigenvalue weighted by atomic mass is 10.1. The molecular formula is C18H24N4. The van der Waals surface area contributed by atoms with Crippen molar-refractivity contribution >= 4 is 30.1 Å². The first-order valence-corrected chi connectivity index (χ1v) is 7.71. The molecule has 0 saturated carbocycles. The van der Waals surface area contributed by atoms with Crippen LogP contribution in [-0.4, -0.2) is 33.4 Å². The van der Waals surface area contributed by atoms with E-state index in [1.54, 1.807) is 18.4 Å². The number of aromatic nitrogens is 2. The summed E-state index contributed by atoms with van der Waals surface area (Å²) in [7, 11) is 0. The molecule has 1 saturated heterocycles. The third-order valence-electron chi connectivity index (χ3n) is 3.74. The van der Waals surface area contributed by atoms with E-state index in [0.717, 1.165) is 30.3 Å². The van der Waals surface area contributed by atoms with Crippen molar-refractivity contribution in [3.8, 4) is 0 Å². The van der Waals surface area contributed by atoms with Gasteiger partial charge in [-0.05, 0) is 44.4 Å². The molecule has 0 N–H and O–H groups in total. The topological polar surface area (TPSA) is 33.4 Å². The second-order valence-corrected chi connectivity index (χ2v) is 5.16. The molecule has 1 aliphatic heterocycles. The Morgan fingerprint density at radius 2 is 1.91 bits per heavy atom. The number of rotatable bonds is 5. The Labute approximate surface area is 132 Å². The highest BCUT2D eigenvalue weighted by Gasteiger charge is 2.15. The average molecular weight is 296 g/mol. The van der Waals surface area contributed by atoms with Gasteiger partial charge in [0.05, 0.1) is 11.4 Å². The molecule has 2 heterocycles. The highest BCUT2D eigenvalue weighted by molar-refractivity contribution is 5.94. The maximum absolute atomic E-state index is 4.71. The van der Waals surface area contributed by atoms with Gasteiger partial charge in [0, 0.05) is 19.3 Å². The van der Waals surface area contributed by atoms with Crippen LogP contribution in [0.2, 0.25) is 0 Å². The monoisotopic (exact) mass is 296 g/mol. The van der Waals surface area contributed by atoms with Gasteiger partial charge in [-0.1, -0.05) is 25.8 Å². The van der Waals surface area contributed by atoms with Gasteiger partial charge in [0.2, 0.25) is 5.95 Å². The van der Waals surface area contributed by atoms with E-state index in [1.165, 1.54) is 19.3 Å². The zero-order valence-electron chi connectivity index (χ0n) is 13.3. The van der Waals surface area contributed by atoms with Crippen LogP contribution in [0.5, 0.6) is 0 Å². The molecule has 1 aliphatic rings. The van der Waals surface area contributed by atoms with E-state index in [2.05, 4.69) is 29.6 Å². The standard InChI is InChI=1S/C18H24N4/c1-5-12-16-15(6-2)19-18(22(16)8-4)20-17(7-3)21-13-10-9-11-14-21/h5-8,12H,2-4,9-11,13-14H2,1H3/b12-5-,20-17+. The second kappa shape index (κ2) is 7.59. The van der Waals surface area contributed by atoms with Gasteiger partial charge in [0.15, 0.2) is 0 Å². The Balaban J connectivity index is 2.45. The van der Waals surface area contributed by atoms with Crippen LogP contribution in [0, 0.1) is 0 Å². The van der Waals surface area contributed by atoms with E-state index in [-0.39, 0.29) is 0 Å². The Hall–Kier alpha value is -2.36. The Kier molecular flexibility index (Phi) is 5.53. The van der Waals surface area contributed by atoms with Gasteiger partial charge >= 0.3 is 0 Å². The number of hydrogen-bond acceptors (Lipinski definition) is 2. The third kappa shape index (κ3) is 3.27. The normalized spacial score (nSPS) is 16.0. The number of aliphatic imine (C=N–C) groups is 1. The second-order valence-electron chi connectivity index (χ2n) is 5.16. The summed E-state index contributed by atoms with van der Waals surface area (Å²) in [6, 6.07) is 0. The molecule has 0 aliphatic carbocycles. The lowest BCUT2D eigenvalue weighted by Crippen LogP contribution is -2.34. The fourth-order valence-electron chi connectivity index (χ4n) is 2.65.